The number of alkyl halides is 3. The van der Waals surface area contributed by atoms with E-state index in [9.17, 15) is 18.0 Å². The smallest absolute Gasteiger partial charge is 0.294 e. The molecule has 4 heteroatoms. The first-order valence-corrected chi connectivity index (χ1v) is 5.28. The van der Waals surface area contributed by atoms with Crippen molar-refractivity contribution in [2.24, 2.45) is 0 Å². The molecule has 0 saturated heterocycles. The second kappa shape index (κ2) is 5.33. The number of halogens is 3. The van der Waals surface area contributed by atoms with Crippen LogP contribution in [-0.2, 0) is 4.79 Å². The van der Waals surface area contributed by atoms with Crippen molar-refractivity contribution in [3.05, 3.63) is 11.6 Å². The summed E-state index contributed by atoms with van der Waals surface area (Å²) in [6.45, 7) is 0. The van der Waals surface area contributed by atoms with E-state index >= 15 is 0 Å². The summed E-state index contributed by atoms with van der Waals surface area (Å²) in [5.41, 5.74) is 0.382. The van der Waals surface area contributed by atoms with E-state index < -0.39 is 18.4 Å². The minimum absolute atomic E-state index is 0.382. The first-order chi connectivity index (χ1) is 6.99. The molecule has 0 bridgehead atoms. The first-order valence-electron chi connectivity index (χ1n) is 5.28. The normalized spacial score (nSPS) is 19.0. The molecule has 0 amide bonds. The lowest BCUT2D eigenvalue weighted by Gasteiger charge is -2.11. The zero-order valence-electron chi connectivity index (χ0n) is 8.57. The molecule has 86 valence electrons. The van der Waals surface area contributed by atoms with Gasteiger partial charge in [-0.05, 0) is 31.3 Å². The highest BCUT2D eigenvalue weighted by molar-refractivity contribution is 5.95. The number of carbonyl (C=O) groups is 1. The van der Waals surface area contributed by atoms with Gasteiger partial charge in [-0.2, -0.15) is 13.2 Å². The number of hydrogen-bond acceptors (Lipinski definition) is 1. The van der Waals surface area contributed by atoms with Gasteiger partial charge in [0.25, 0.3) is 0 Å². The molecule has 1 aliphatic rings. The Morgan fingerprint density at radius 3 is 2.53 bits per heavy atom. The molecule has 0 spiro atoms. The summed E-state index contributed by atoms with van der Waals surface area (Å²) in [7, 11) is 0. The third-order valence-electron chi connectivity index (χ3n) is 2.51. The van der Waals surface area contributed by atoms with Gasteiger partial charge in [0.2, 0.25) is 0 Å². The van der Waals surface area contributed by atoms with Gasteiger partial charge in [-0.25, -0.2) is 0 Å². The molecule has 0 N–H and O–H groups in total. The lowest BCUT2D eigenvalue weighted by Crippen LogP contribution is -2.16. The van der Waals surface area contributed by atoms with E-state index in [0.717, 1.165) is 32.1 Å². The summed E-state index contributed by atoms with van der Waals surface area (Å²) in [5, 5.41) is 0. The van der Waals surface area contributed by atoms with Crippen LogP contribution in [0.1, 0.15) is 44.9 Å². The molecule has 0 saturated carbocycles. The number of rotatable bonds is 2. The maximum atomic E-state index is 12.0. The van der Waals surface area contributed by atoms with Gasteiger partial charge in [0.15, 0.2) is 5.78 Å². The molecular weight excluding hydrogens is 205 g/mol. The fraction of sp³-hybridized carbons (Fsp3) is 0.727. The van der Waals surface area contributed by atoms with E-state index in [4.69, 9.17) is 0 Å². The van der Waals surface area contributed by atoms with E-state index in [-0.39, 0.29) is 0 Å². The van der Waals surface area contributed by atoms with Crippen LogP contribution in [0.25, 0.3) is 0 Å². The highest BCUT2D eigenvalue weighted by Crippen LogP contribution is 2.25. The Balaban J connectivity index is 2.56. The molecule has 0 heterocycles. The summed E-state index contributed by atoms with van der Waals surface area (Å²) < 4.78 is 36.0. The van der Waals surface area contributed by atoms with Gasteiger partial charge in [-0.1, -0.05) is 18.9 Å². The Bertz CT molecular complexity index is 253. The van der Waals surface area contributed by atoms with Crippen molar-refractivity contribution in [2.45, 2.75) is 51.1 Å². The standard InChI is InChI=1S/C11H15F3O/c12-11(13,14)8-10(15)9-6-4-2-1-3-5-7-9/h6H,1-5,7-8H2. The van der Waals surface area contributed by atoms with Crippen LogP contribution in [0, 0.1) is 0 Å². The Morgan fingerprint density at radius 1 is 1.20 bits per heavy atom. The molecular formula is C11H15F3O. The van der Waals surface area contributed by atoms with Gasteiger partial charge in [-0.15, -0.1) is 0 Å². The molecule has 0 fully saturated rings. The van der Waals surface area contributed by atoms with Crippen LogP contribution in [0.5, 0.6) is 0 Å². The Kier molecular flexibility index (Phi) is 4.36. The van der Waals surface area contributed by atoms with Crippen LogP contribution in [0.15, 0.2) is 11.6 Å². The van der Waals surface area contributed by atoms with Crippen molar-refractivity contribution in [1.82, 2.24) is 0 Å². The van der Waals surface area contributed by atoms with Crippen molar-refractivity contribution in [1.29, 1.82) is 0 Å². The Labute approximate surface area is 87.4 Å². The van der Waals surface area contributed by atoms with Crippen molar-refractivity contribution < 1.29 is 18.0 Å². The van der Waals surface area contributed by atoms with E-state index in [1.807, 2.05) is 0 Å². The van der Waals surface area contributed by atoms with E-state index in [1.165, 1.54) is 0 Å². The minimum atomic E-state index is -4.37. The van der Waals surface area contributed by atoms with Crippen LogP contribution in [-0.4, -0.2) is 12.0 Å². The molecule has 15 heavy (non-hydrogen) atoms. The van der Waals surface area contributed by atoms with E-state index in [0.29, 0.717) is 12.0 Å². The second-order valence-electron chi connectivity index (χ2n) is 3.90. The Morgan fingerprint density at radius 2 is 1.87 bits per heavy atom. The minimum Gasteiger partial charge on any atom is -0.294 e. The van der Waals surface area contributed by atoms with Crippen molar-refractivity contribution in [3.63, 3.8) is 0 Å². The van der Waals surface area contributed by atoms with E-state index in [1.54, 1.807) is 6.08 Å². The maximum absolute atomic E-state index is 12.0. The van der Waals surface area contributed by atoms with Crippen LogP contribution in [0.3, 0.4) is 0 Å². The van der Waals surface area contributed by atoms with Crippen LogP contribution in [0.4, 0.5) is 13.2 Å². The topological polar surface area (TPSA) is 17.1 Å². The summed E-state index contributed by atoms with van der Waals surface area (Å²) in [5.74, 6) is -0.746. The van der Waals surface area contributed by atoms with Crippen molar-refractivity contribution in [3.8, 4) is 0 Å². The zero-order chi connectivity index (χ0) is 11.3. The highest BCUT2D eigenvalue weighted by Gasteiger charge is 2.32. The number of hydrogen-bond donors (Lipinski definition) is 0. The van der Waals surface area contributed by atoms with Crippen molar-refractivity contribution in [2.75, 3.05) is 0 Å². The molecule has 0 aliphatic heterocycles. The molecule has 0 aromatic rings. The number of ketones is 1. The average Bonchev–Trinajstić information content (AvgIpc) is 1.98. The fourth-order valence-electron chi connectivity index (χ4n) is 1.74. The van der Waals surface area contributed by atoms with Gasteiger partial charge >= 0.3 is 6.18 Å². The molecule has 0 radical (unpaired) electrons. The molecule has 0 unspecified atom stereocenters. The van der Waals surface area contributed by atoms with Gasteiger partial charge in [0.05, 0.1) is 0 Å². The first kappa shape index (κ1) is 12.3. The summed E-state index contributed by atoms with van der Waals surface area (Å²) in [6, 6.07) is 0. The fourth-order valence-corrected chi connectivity index (χ4v) is 1.74. The number of allylic oxidation sites excluding steroid dienone is 2. The predicted molar refractivity (Wildman–Crippen MR) is 51.5 cm³/mol. The third kappa shape index (κ3) is 5.00. The third-order valence-corrected chi connectivity index (χ3v) is 2.51. The molecule has 0 aromatic carbocycles. The predicted octanol–water partition coefficient (Wildman–Crippen LogP) is 3.79. The molecule has 0 atom stereocenters. The summed E-state index contributed by atoms with van der Waals surface area (Å²) >= 11 is 0. The van der Waals surface area contributed by atoms with Gasteiger partial charge in [0.1, 0.15) is 6.42 Å². The monoisotopic (exact) mass is 220 g/mol. The van der Waals surface area contributed by atoms with Gasteiger partial charge < -0.3 is 0 Å². The largest absolute Gasteiger partial charge is 0.396 e. The second-order valence-corrected chi connectivity index (χ2v) is 3.90. The molecule has 0 aromatic heterocycles. The summed E-state index contributed by atoms with van der Waals surface area (Å²) in [6.07, 6.45) is 1.17. The maximum Gasteiger partial charge on any atom is 0.396 e. The van der Waals surface area contributed by atoms with Crippen LogP contribution >= 0.6 is 0 Å². The highest BCUT2D eigenvalue weighted by atomic mass is 19.4. The lowest BCUT2D eigenvalue weighted by molar-refractivity contribution is -0.149. The van der Waals surface area contributed by atoms with Crippen LogP contribution < -0.4 is 0 Å². The van der Waals surface area contributed by atoms with E-state index in [2.05, 4.69) is 0 Å². The lowest BCUT2D eigenvalue weighted by atomic mass is 9.96. The van der Waals surface area contributed by atoms with Gasteiger partial charge in [0, 0.05) is 0 Å². The summed E-state index contributed by atoms with van der Waals surface area (Å²) in [4.78, 5) is 11.3. The molecule has 1 rings (SSSR count). The van der Waals surface area contributed by atoms with Crippen molar-refractivity contribution >= 4 is 5.78 Å². The zero-order valence-corrected chi connectivity index (χ0v) is 8.57. The average molecular weight is 220 g/mol. The molecule has 1 nitrogen and oxygen atoms in total. The SMILES string of the molecule is O=C(CC(F)(F)F)C1=CCCCCCC1. The number of Topliss-reactive ketones (excluding diaryl/α,β-unsaturated/α-hetero) is 1. The molecule has 1 aliphatic carbocycles. The number of carbonyl (C=O) groups excluding carboxylic acids is 1. The quantitative estimate of drug-likeness (QED) is 0.692. The van der Waals surface area contributed by atoms with Gasteiger partial charge in [-0.3, -0.25) is 4.79 Å². The Hall–Kier alpha value is -0.800. The van der Waals surface area contributed by atoms with Crippen LogP contribution in [0.2, 0.25) is 0 Å².